The van der Waals surface area contributed by atoms with E-state index in [0.29, 0.717) is 10.5 Å². The Morgan fingerprint density at radius 3 is 2.53 bits per heavy atom. The Bertz CT molecular complexity index is 1400. The number of hydrogen-bond donors (Lipinski definition) is 3. The average molecular weight is 478 g/mol. The van der Waals surface area contributed by atoms with E-state index in [0.717, 1.165) is 29.4 Å². The molecule has 5 rings (SSSR count). The molecular formula is C25H20FN3O4S. The number of hydrogen-bond acceptors (Lipinski definition) is 6. The molecule has 34 heavy (non-hydrogen) atoms. The second kappa shape index (κ2) is 8.58. The predicted octanol–water partition coefficient (Wildman–Crippen LogP) is 4.35. The highest BCUT2D eigenvalue weighted by Crippen LogP contribution is 2.53. The number of fused-ring (bicyclic) bond motifs is 1. The Morgan fingerprint density at radius 1 is 1.09 bits per heavy atom. The lowest BCUT2D eigenvalue weighted by atomic mass is 9.92. The highest BCUT2D eigenvalue weighted by molar-refractivity contribution is 7.21. The van der Waals surface area contributed by atoms with Gasteiger partial charge >= 0.3 is 5.97 Å². The summed E-state index contributed by atoms with van der Waals surface area (Å²) in [6.07, 6.45) is -0.400. The van der Waals surface area contributed by atoms with Crippen molar-refractivity contribution < 1.29 is 24.2 Å². The molecule has 1 atom stereocenters. The van der Waals surface area contributed by atoms with Crippen LogP contribution in [0.2, 0.25) is 0 Å². The van der Waals surface area contributed by atoms with Crippen LogP contribution in [-0.2, 0) is 15.0 Å². The lowest BCUT2D eigenvalue weighted by Crippen LogP contribution is -2.29. The number of rotatable bonds is 7. The van der Waals surface area contributed by atoms with Gasteiger partial charge in [0, 0.05) is 16.7 Å². The maximum atomic E-state index is 14.9. The van der Waals surface area contributed by atoms with Crippen molar-refractivity contribution in [1.29, 1.82) is 0 Å². The number of benzene rings is 2. The summed E-state index contributed by atoms with van der Waals surface area (Å²) >= 11 is 1.29. The number of carboxylic acid groups (broad SMARTS) is 1. The topological polar surface area (TPSA) is 112 Å². The quantitative estimate of drug-likeness (QED) is 0.365. The number of carbonyl (C=O) groups excluding carboxylic acids is 1. The van der Waals surface area contributed by atoms with Crippen LogP contribution in [0.15, 0.2) is 60.7 Å². The van der Waals surface area contributed by atoms with E-state index in [2.05, 4.69) is 22.4 Å². The van der Waals surface area contributed by atoms with Crippen LogP contribution in [0.4, 0.5) is 10.1 Å². The minimum Gasteiger partial charge on any atom is -0.481 e. The molecule has 9 heteroatoms. The fourth-order valence-electron chi connectivity index (χ4n) is 4.02. The molecule has 1 amide bonds. The van der Waals surface area contributed by atoms with Crippen LogP contribution in [0, 0.1) is 5.82 Å². The number of thiazole rings is 1. The van der Waals surface area contributed by atoms with Gasteiger partial charge in [-0.05, 0) is 48.7 Å². The highest BCUT2D eigenvalue weighted by Gasteiger charge is 2.47. The molecule has 1 saturated carbocycles. The van der Waals surface area contributed by atoms with Crippen molar-refractivity contribution in [3.05, 3.63) is 77.7 Å². The van der Waals surface area contributed by atoms with Gasteiger partial charge in [-0.3, -0.25) is 9.59 Å². The van der Waals surface area contributed by atoms with Gasteiger partial charge in [-0.25, -0.2) is 14.4 Å². The number of anilines is 1. The number of aliphatic hydroxyl groups excluding tert-OH is 1. The fourth-order valence-corrected chi connectivity index (χ4v) is 4.99. The van der Waals surface area contributed by atoms with Gasteiger partial charge in [-0.1, -0.05) is 41.7 Å². The molecular weight excluding hydrogens is 457 g/mol. The van der Waals surface area contributed by atoms with Crippen LogP contribution >= 0.6 is 11.3 Å². The number of halogens is 1. The van der Waals surface area contributed by atoms with Crippen LogP contribution in [0.1, 0.15) is 30.5 Å². The molecule has 172 valence electrons. The summed E-state index contributed by atoms with van der Waals surface area (Å²) in [7, 11) is 0. The van der Waals surface area contributed by atoms with Crippen LogP contribution < -0.4 is 5.32 Å². The first-order chi connectivity index (χ1) is 16.4. The van der Waals surface area contributed by atoms with Gasteiger partial charge in [0.15, 0.2) is 0 Å². The fraction of sp³-hybridized carbons (Fsp3) is 0.200. The van der Waals surface area contributed by atoms with Crippen molar-refractivity contribution in [2.24, 2.45) is 0 Å². The Morgan fingerprint density at radius 2 is 1.85 bits per heavy atom. The molecule has 1 fully saturated rings. The van der Waals surface area contributed by atoms with Crippen molar-refractivity contribution in [3.63, 3.8) is 0 Å². The largest absolute Gasteiger partial charge is 0.481 e. The summed E-state index contributed by atoms with van der Waals surface area (Å²) in [6.45, 7) is 0. The van der Waals surface area contributed by atoms with Gasteiger partial charge in [-0.2, -0.15) is 0 Å². The number of nitrogens with one attached hydrogen (secondary N) is 1. The molecule has 0 bridgehead atoms. The molecule has 0 radical (unpaired) electrons. The molecule has 2 aromatic carbocycles. The maximum Gasteiger partial charge on any atom is 0.306 e. The molecule has 2 aromatic heterocycles. The maximum absolute atomic E-state index is 14.9. The molecule has 7 nitrogen and oxygen atoms in total. The van der Waals surface area contributed by atoms with Gasteiger partial charge in [-0.15, -0.1) is 0 Å². The number of carboxylic acids is 1. The first-order valence-corrected chi connectivity index (χ1v) is 11.5. The van der Waals surface area contributed by atoms with E-state index in [4.69, 9.17) is 10.1 Å². The minimum absolute atomic E-state index is 0.0735. The molecule has 4 aromatic rings. The number of pyridine rings is 1. The van der Waals surface area contributed by atoms with Crippen LogP contribution in [0.5, 0.6) is 0 Å². The lowest BCUT2D eigenvalue weighted by Gasteiger charge is -2.14. The van der Waals surface area contributed by atoms with Crippen LogP contribution in [0.25, 0.3) is 20.9 Å². The molecule has 2 heterocycles. The molecule has 0 spiro atoms. The molecule has 3 N–H and O–H groups in total. The number of carbonyl (C=O) groups is 2. The summed E-state index contributed by atoms with van der Waals surface area (Å²) in [4.78, 5) is 32.6. The van der Waals surface area contributed by atoms with Crippen molar-refractivity contribution in [2.75, 3.05) is 5.32 Å². The van der Waals surface area contributed by atoms with Gasteiger partial charge in [0.2, 0.25) is 0 Å². The van der Waals surface area contributed by atoms with E-state index in [1.54, 1.807) is 0 Å². The standard InChI is InChI=1S/C25H20FN3O4S/c26-17-12-15(27-22(33)19(30)13-21(31)32)6-7-16(17)23-28-18-8-9-20(29-24(18)34-23)25(10-11-25)14-4-2-1-3-5-14/h1-9,12,19,30H,10-11,13H2,(H,27,33)(H,31,32)/t19-/m0/s1. The normalized spacial score (nSPS) is 15.1. The Balaban J connectivity index is 1.39. The second-order valence-corrected chi connectivity index (χ2v) is 9.26. The summed E-state index contributed by atoms with van der Waals surface area (Å²) < 4.78 is 14.9. The van der Waals surface area contributed by atoms with Crippen LogP contribution in [-0.4, -0.2) is 38.2 Å². The number of aliphatic carboxylic acids is 1. The first kappa shape index (κ1) is 22.1. The molecule has 0 aliphatic heterocycles. The van der Waals surface area contributed by atoms with E-state index in [-0.39, 0.29) is 16.7 Å². The zero-order chi connectivity index (χ0) is 23.9. The number of nitrogens with zero attached hydrogens (tertiary/aromatic N) is 2. The zero-order valence-corrected chi connectivity index (χ0v) is 18.7. The minimum atomic E-state index is -1.73. The van der Waals surface area contributed by atoms with E-state index in [1.165, 1.54) is 29.0 Å². The van der Waals surface area contributed by atoms with Gasteiger partial charge in [0.25, 0.3) is 5.91 Å². The molecule has 1 aliphatic rings. The monoisotopic (exact) mass is 477 g/mol. The smallest absolute Gasteiger partial charge is 0.306 e. The Hall–Kier alpha value is -3.69. The molecule has 0 saturated heterocycles. The Kier molecular flexibility index (Phi) is 5.59. The number of amides is 1. The van der Waals surface area contributed by atoms with Crippen molar-refractivity contribution in [2.45, 2.75) is 30.8 Å². The number of aromatic nitrogens is 2. The third-order valence-electron chi connectivity index (χ3n) is 5.96. The lowest BCUT2D eigenvalue weighted by molar-refractivity contribution is -0.142. The third kappa shape index (κ3) is 4.15. The van der Waals surface area contributed by atoms with Crippen molar-refractivity contribution in [1.82, 2.24) is 9.97 Å². The predicted molar refractivity (Wildman–Crippen MR) is 126 cm³/mol. The summed E-state index contributed by atoms with van der Waals surface area (Å²) in [5.41, 5.74) is 3.20. The Labute approximate surface area is 197 Å². The van der Waals surface area contributed by atoms with E-state index < -0.39 is 30.2 Å². The second-order valence-electron chi connectivity index (χ2n) is 8.29. The van der Waals surface area contributed by atoms with E-state index in [1.807, 2.05) is 30.3 Å². The van der Waals surface area contributed by atoms with E-state index >= 15 is 0 Å². The number of aliphatic hydroxyl groups is 1. The summed E-state index contributed by atoms with van der Waals surface area (Å²) in [5.74, 6) is -2.83. The van der Waals surface area contributed by atoms with Crippen molar-refractivity contribution in [3.8, 4) is 10.6 Å². The zero-order valence-electron chi connectivity index (χ0n) is 17.9. The SMILES string of the molecule is O=C(O)C[C@H](O)C(=O)Nc1ccc(-c2nc3ccc(C4(c5ccccc5)CC4)nc3s2)c(F)c1. The van der Waals surface area contributed by atoms with Crippen LogP contribution in [0.3, 0.4) is 0 Å². The van der Waals surface area contributed by atoms with Gasteiger partial charge in [0.1, 0.15) is 27.3 Å². The summed E-state index contributed by atoms with van der Waals surface area (Å²) in [6, 6.07) is 18.3. The average Bonchev–Trinajstić information content (AvgIpc) is 3.52. The third-order valence-corrected chi connectivity index (χ3v) is 6.96. The van der Waals surface area contributed by atoms with Gasteiger partial charge in [0.05, 0.1) is 12.1 Å². The molecule has 1 aliphatic carbocycles. The highest BCUT2D eigenvalue weighted by atomic mass is 32.1. The van der Waals surface area contributed by atoms with Crippen molar-refractivity contribution >= 4 is 39.2 Å². The van der Waals surface area contributed by atoms with E-state index in [9.17, 15) is 19.1 Å². The van der Waals surface area contributed by atoms with Gasteiger partial charge < -0.3 is 15.5 Å². The first-order valence-electron chi connectivity index (χ1n) is 10.7. The molecule has 0 unspecified atom stereocenters. The summed E-state index contributed by atoms with van der Waals surface area (Å²) in [5, 5.41) is 21.0.